The number of nitrogens with one attached hydrogen (secondary N) is 1. The van der Waals surface area contributed by atoms with E-state index in [1.807, 2.05) is 31.4 Å². The Balaban J connectivity index is 1.45. The molecule has 0 bridgehead atoms. The van der Waals surface area contributed by atoms with Crippen molar-refractivity contribution in [3.05, 3.63) is 62.7 Å². The number of thioether (sulfide) groups is 1. The van der Waals surface area contributed by atoms with Crippen LogP contribution in [0.2, 0.25) is 0 Å². The van der Waals surface area contributed by atoms with Crippen molar-refractivity contribution >= 4 is 51.7 Å². The zero-order valence-electron chi connectivity index (χ0n) is 16.0. The highest BCUT2D eigenvalue weighted by Gasteiger charge is 2.43. The van der Waals surface area contributed by atoms with E-state index in [1.165, 1.54) is 16.6 Å². The lowest BCUT2D eigenvalue weighted by Gasteiger charge is -2.27. The van der Waals surface area contributed by atoms with Crippen LogP contribution >= 0.6 is 23.1 Å². The Morgan fingerprint density at radius 3 is 2.62 bits per heavy atom. The van der Waals surface area contributed by atoms with Crippen molar-refractivity contribution in [2.45, 2.75) is 20.3 Å². The van der Waals surface area contributed by atoms with E-state index in [1.54, 1.807) is 35.6 Å². The Bertz CT molecular complexity index is 1040. The maximum absolute atomic E-state index is 12.9. The lowest BCUT2D eigenvalue weighted by molar-refractivity contribution is -0.119. The molecule has 29 heavy (non-hydrogen) atoms. The number of fused-ring (bicyclic) bond motifs is 1. The molecule has 3 heterocycles. The fraction of sp³-hybridized carbons (Fsp3) is 0.238. The topological polar surface area (TPSA) is 78.8 Å². The molecule has 8 heteroatoms. The number of hydrogen-bond donors (Lipinski definition) is 1. The average Bonchev–Trinajstić information content (AvgIpc) is 3.30. The highest BCUT2D eigenvalue weighted by atomic mass is 32.2. The quantitative estimate of drug-likeness (QED) is 0.777. The molecule has 6 nitrogen and oxygen atoms in total. The van der Waals surface area contributed by atoms with Gasteiger partial charge in [0.05, 0.1) is 5.69 Å². The molecule has 1 N–H and O–H groups in total. The third-order valence-electron chi connectivity index (χ3n) is 4.98. The summed E-state index contributed by atoms with van der Waals surface area (Å²) >= 11 is 3.04. The van der Waals surface area contributed by atoms with Gasteiger partial charge in [-0.25, -0.2) is 9.69 Å². The third-order valence-corrected chi connectivity index (χ3v) is 7.08. The normalized spacial score (nSPS) is 18.8. The molecular formula is C21H19N3O3S2. The first-order chi connectivity index (χ1) is 14.0. The van der Waals surface area contributed by atoms with Gasteiger partial charge in [-0.05, 0) is 66.5 Å². The minimum atomic E-state index is -0.593. The second-order valence-electron chi connectivity index (χ2n) is 6.81. The number of carbonyl (C=O) groups excluding carboxylic acids is 3. The molecule has 0 spiro atoms. The minimum absolute atomic E-state index is 0.189. The lowest BCUT2D eigenvalue weighted by atomic mass is 9.98. The smallest absolute Gasteiger partial charge is 0.352 e. The van der Waals surface area contributed by atoms with Crippen LogP contribution in [-0.2, 0) is 11.2 Å². The summed E-state index contributed by atoms with van der Waals surface area (Å²) < 4.78 is 0. The Labute approximate surface area is 176 Å². The number of aliphatic imine (C=N–C) groups is 1. The molecule has 0 aliphatic carbocycles. The maximum atomic E-state index is 12.9. The van der Waals surface area contributed by atoms with Crippen molar-refractivity contribution in [3.8, 4) is 0 Å². The van der Waals surface area contributed by atoms with Crippen molar-refractivity contribution in [2.24, 2.45) is 10.9 Å². The van der Waals surface area contributed by atoms with E-state index in [9.17, 15) is 14.4 Å². The highest BCUT2D eigenvalue weighted by molar-refractivity contribution is 8.17. The van der Waals surface area contributed by atoms with Gasteiger partial charge in [-0.3, -0.25) is 9.59 Å². The average molecular weight is 426 g/mol. The van der Waals surface area contributed by atoms with Gasteiger partial charge in [0, 0.05) is 17.0 Å². The van der Waals surface area contributed by atoms with Crippen LogP contribution in [0.5, 0.6) is 0 Å². The zero-order chi connectivity index (χ0) is 20.5. The molecule has 1 aromatic carbocycles. The Morgan fingerprint density at radius 1 is 1.17 bits per heavy atom. The van der Waals surface area contributed by atoms with Crippen LogP contribution in [0.4, 0.5) is 10.5 Å². The van der Waals surface area contributed by atoms with Gasteiger partial charge in [0.1, 0.15) is 11.0 Å². The van der Waals surface area contributed by atoms with E-state index in [4.69, 9.17) is 0 Å². The molecule has 4 rings (SSSR count). The highest BCUT2D eigenvalue weighted by Crippen LogP contribution is 2.41. The summed E-state index contributed by atoms with van der Waals surface area (Å²) in [5, 5.41) is 5.44. The molecule has 2 aliphatic heterocycles. The number of nitrogens with zero attached hydrogens (tertiary/aromatic N) is 2. The molecule has 1 aromatic heterocycles. The molecule has 0 saturated heterocycles. The maximum Gasteiger partial charge on any atom is 0.355 e. The number of amides is 4. The van der Waals surface area contributed by atoms with Gasteiger partial charge in [0.15, 0.2) is 0 Å². The van der Waals surface area contributed by atoms with Crippen LogP contribution in [0.3, 0.4) is 0 Å². The number of carbonyl (C=O) groups is 3. The summed E-state index contributed by atoms with van der Waals surface area (Å²) in [4.78, 5) is 45.1. The third kappa shape index (κ3) is 3.77. The van der Waals surface area contributed by atoms with Crippen LogP contribution in [0, 0.1) is 5.92 Å². The number of imide groups is 1. The molecule has 148 valence electrons. The summed E-state index contributed by atoms with van der Waals surface area (Å²) in [7, 11) is 0. The largest absolute Gasteiger partial charge is 0.355 e. The summed E-state index contributed by atoms with van der Waals surface area (Å²) in [6.07, 6.45) is 0.782. The van der Waals surface area contributed by atoms with Crippen LogP contribution in [0.15, 0.2) is 57.2 Å². The molecule has 1 unspecified atom stereocenters. The van der Waals surface area contributed by atoms with Crippen molar-refractivity contribution in [1.82, 2.24) is 5.32 Å². The van der Waals surface area contributed by atoms with Crippen LogP contribution in [0.1, 0.15) is 29.1 Å². The van der Waals surface area contributed by atoms with E-state index in [0.717, 1.165) is 21.8 Å². The standard InChI is InChI=1S/C21H19N3O3S2/c1-12-13(2)29-19-17(12)20(26)24(21(27)23-19)15-7-5-14(6-8-15)18(25)22-10-9-16-4-3-11-28-16/h3-8,11,17H,9-10H2,1-2H3,(H,22,25). The van der Waals surface area contributed by atoms with Crippen LogP contribution < -0.4 is 10.2 Å². The van der Waals surface area contributed by atoms with Gasteiger partial charge in [0.2, 0.25) is 5.91 Å². The predicted molar refractivity (Wildman–Crippen MR) is 117 cm³/mol. The first-order valence-corrected chi connectivity index (χ1v) is 10.9. The van der Waals surface area contributed by atoms with Gasteiger partial charge >= 0.3 is 6.03 Å². The number of rotatable bonds is 5. The second-order valence-corrected chi connectivity index (χ2v) is 9.08. The molecule has 0 radical (unpaired) electrons. The van der Waals surface area contributed by atoms with Gasteiger partial charge in [-0.1, -0.05) is 17.8 Å². The fourth-order valence-corrected chi connectivity index (χ4v) is 5.11. The SMILES string of the molecule is CC1=C(C)C2C(=O)N(c3ccc(C(=O)NCCc4cccs4)cc3)C(=O)N=C2S1. The van der Waals surface area contributed by atoms with Crippen molar-refractivity contribution < 1.29 is 14.4 Å². The van der Waals surface area contributed by atoms with E-state index < -0.39 is 11.9 Å². The Morgan fingerprint density at radius 2 is 1.93 bits per heavy atom. The molecule has 2 aliphatic rings. The molecular weight excluding hydrogens is 406 g/mol. The van der Waals surface area contributed by atoms with Crippen molar-refractivity contribution in [2.75, 3.05) is 11.4 Å². The Kier molecular flexibility index (Phi) is 5.38. The second kappa shape index (κ2) is 7.96. The van der Waals surface area contributed by atoms with E-state index >= 15 is 0 Å². The number of benzene rings is 1. The van der Waals surface area contributed by atoms with Crippen molar-refractivity contribution in [1.29, 1.82) is 0 Å². The summed E-state index contributed by atoms with van der Waals surface area (Å²) in [6, 6.07) is 9.88. The predicted octanol–water partition coefficient (Wildman–Crippen LogP) is 4.24. The first kappa shape index (κ1) is 19.6. The number of allylic oxidation sites excluding steroid dienone is 1. The summed E-state index contributed by atoms with van der Waals surface area (Å²) in [5.74, 6) is -0.973. The number of urea groups is 1. The van der Waals surface area contributed by atoms with Gasteiger partial charge in [0.25, 0.3) is 5.91 Å². The van der Waals surface area contributed by atoms with Crippen molar-refractivity contribution in [3.63, 3.8) is 0 Å². The van der Waals surface area contributed by atoms with E-state index in [-0.39, 0.29) is 11.8 Å². The molecule has 1 atom stereocenters. The van der Waals surface area contributed by atoms with Gasteiger partial charge < -0.3 is 5.32 Å². The lowest BCUT2D eigenvalue weighted by Crippen LogP contribution is -2.45. The first-order valence-electron chi connectivity index (χ1n) is 9.18. The van der Waals surface area contributed by atoms with E-state index in [2.05, 4.69) is 10.3 Å². The van der Waals surface area contributed by atoms with Crippen LogP contribution in [-0.4, -0.2) is 29.4 Å². The molecule has 2 aromatic rings. The molecule has 0 fully saturated rings. The summed E-state index contributed by atoms with van der Waals surface area (Å²) in [6.45, 7) is 4.37. The van der Waals surface area contributed by atoms with Crippen LogP contribution in [0.25, 0.3) is 0 Å². The fourth-order valence-electron chi connectivity index (χ4n) is 3.29. The minimum Gasteiger partial charge on any atom is -0.352 e. The number of hydrogen-bond acceptors (Lipinski definition) is 5. The van der Waals surface area contributed by atoms with Gasteiger partial charge in [-0.15, -0.1) is 11.3 Å². The number of thiophene rings is 1. The van der Waals surface area contributed by atoms with Gasteiger partial charge in [-0.2, -0.15) is 4.99 Å². The molecule has 0 saturated carbocycles. The molecule has 4 amide bonds. The van der Waals surface area contributed by atoms with E-state index in [0.29, 0.717) is 22.8 Å². The number of anilines is 1. The zero-order valence-corrected chi connectivity index (χ0v) is 17.6. The Hall–Kier alpha value is -2.71. The summed E-state index contributed by atoms with van der Waals surface area (Å²) in [5.41, 5.74) is 1.82. The monoisotopic (exact) mass is 425 g/mol.